The van der Waals surface area contributed by atoms with E-state index in [9.17, 15) is 4.79 Å². The van der Waals surface area contributed by atoms with Crippen molar-refractivity contribution in [3.8, 4) is 0 Å². The highest BCUT2D eigenvalue weighted by molar-refractivity contribution is 5.80. The van der Waals surface area contributed by atoms with Gasteiger partial charge in [-0.2, -0.15) is 0 Å². The molecule has 1 saturated carbocycles. The van der Waals surface area contributed by atoms with E-state index in [0.29, 0.717) is 13.1 Å². The third kappa shape index (κ3) is 7.93. The van der Waals surface area contributed by atoms with Crippen LogP contribution >= 0.6 is 0 Å². The zero-order chi connectivity index (χ0) is 15.7. The van der Waals surface area contributed by atoms with Crippen molar-refractivity contribution in [2.45, 2.75) is 65.3 Å². The van der Waals surface area contributed by atoms with Crippen molar-refractivity contribution in [3.63, 3.8) is 0 Å². The van der Waals surface area contributed by atoms with Crippen molar-refractivity contribution < 1.29 is 4.79 Å². The molecule has 122 valence electrons. The molecular weight excluding hydrogens is 264 g/mol. The van der Waals surface area contributed by atoms with E-state index < -0.39 is 0 Å². The van der Waals surface area contributed by atoms with Crippen LogP contribution in [0.5, 0.6) is 0 Å². The van der Waals surface area contributed by atoms with Gasteiger partial charge in [0.15, 0.2) is 5.96 Å². The second kappa shape index (κ2) is 8.90. The molecule has 0 spiro atoms. The van der Waals surface area contributed by atoms with Crippen LogP contribution in [-0.2, 0) is 4.79 Å². The molecule has 0 aromatic carbocycles. The second-order valence-electron chi connectivity index (χ2n) is 6.76. The summed E-state index contributed by atoms with van der Waals surface area (Å²) in [4.78, 5) is 16.5. The molecule has 1 amide bonds. The van der Waals surface area contributed by atoms with Gasteiger partial charge in [-0.05, 0) is 40.5 Å². The van der Waals surface area contributed by atoms with Gasteiger partial charge >= 0.3 is 0 Å². The van der Waals surface area contributed by atoms with Crippen LogP contribution in [0.3, 0.4) is 0 Å². The number of carbonyl (C=O) groups excluding carboxylic acids is 1. The first-order chi connectivity index (χ1) is 9.92. The van der Waals surface area contributed by atoms with Crippen LogP contribution in [0.4, 0.5) is 0 Å². The monoisotopic (exact) mass is 296 g/mol. The number of carbonyl (C=O) groups is 1. The molecule has 1 aliphatic rings. The van der Waals surface area contributed by atoms with E-state index in [2.05, 4.69) is 41.7 Å². The van der Waals surface area contributed by atoms with Gasteiger partial charge < -0.3 is 16.0 Å². The Balaban J connectivity index is 2.31. The molecule has 1 rings (SSSR count). The third-order valence-corrected chi connectivity index (χ3v) is 3.49. The molecular formula is C16H32N4O. The summed E-state index contributed by atoms with van der Waals surface area (Å²) in [5.41, 5.74) is -0.0215. The summed E-state index contributed by atoms with van der Waals surface area (Å²) in [6.07, 6.45) is 5.75. The van der Waals surface area contributed by atoms with E-state index in [4.69, 9.17) is 0 Å². The SMILES string of the molecule is CCNC(=NCCNC(=O)C1CCCCC1)NC(C)(C)C. The second-order valence-corrected chi connectivity index (χ2v) is 6.76. The fourth-order valence-electron chi connectivity index (χ4n) is 2.52. The van der Waals surface area contributed by atoms with Gasteiger partial charge in [-0.3, -0.25) is 9.79 Å². The largest absolute Gasteiger partial charge is 0.357 e. The van der Waals surface area contributed by atoms with E-state index in [0.717, 1.165) is 25.3 Å². The quantitative estimate of drug-likeness (QED) is 0.413. The van der Waals surface area contributed by atoms with Crippen molar-refractivity contribution in [2.75, 3.05) is 19.6 Å². The van der Waals surface area contributed by atoms with Crippen molar-refractivity contribution in [1.82, 2.24) is 16.0 Å². The average molecular weight is 296 g/mol. The fourth-order valence-corrected chi connectivity index (χ4v) is 2.52. The standard InChI is InChI=1S/C16H32N4O/c1-5-17-15(20-16(2,3)4)19-12-11-18-14(21)13-9-7-6-8-10-13/h13H,5-12H2,1-4H3,(H,18,21)(H2,17,19,20). The zero-order valence-corrected chi connectivity index (χ0v) is 14.1. The van der Waals surface area contributed by atoms with E-state index >= 15 is 0 Å². The first-order valence-electron chi connectivity index (χ1n) is 8.26. The van der Waals surface area contributed by atoms with Crippen LogP contribution in [0.25, 0.3) is 0 Å². The molecule has 1 fully saturated rings. The summed E-state index contributed by atoms with van der Waals surface area (Å²) in [5, 5.41) is 9.56. The Hall–Kier alpha value is -1.26. The molecule has 5 nitrogen and oxygen atoms in total. The van der Waals surface area contributed by atoms with E-state index in [1.807, 2.05) is 6.92 Å². The molecule has 5 heteroatoms. The van der Waals surface area contributed by atoms with E-state index in [1.165, 1.54) is 19.3 Å². The van der Waals surface area contributed by atoms with Gasteiger partial charge in [0.2, 0.25) is 5.91 Å². The maximum Gasteiger partial charge on any atom is 0.223 e. The van der Waals surface area contributed by atoms with Gasteiger partial charge in [0.05, 0.1) is 6.54 Å². The summed E-state index contributed by atoms with van der Waals surface area (Å²) in [6, 6.07) is 0. The molecule has 0 aromatic heterocycles. The smallest absolute Gasteiger partial charge is 0.223 e. The number of nitrogens with one attached hydrogen (secondary N) is 3. The van der Waals surface area contributed by atoms with Crippen LogP contribution in [0.1, 0.15) is 59.8 Å². The molecule has 0 aliphatic heterocycles. The number of hydrogen-bond acceptors (Lipinski definition) is 2. The van der Waals surface area contributed by atoms with Crippen molar-refractivity contribution in [1.29, 1.82) is 0 Å². The van der Waals surface area contributed by atoms with Crippen LogP contribution in [-0.4, -0.2) is 37.0 Å². The molecule has 21 heavy (non-hydrogen) atoms. The maximum absolute atomic E-state index is 12.0. The number of amides is 1. The number of aliphatic imine (C=N–C) groups is 1. The molecule has 1 aliphatic carbocycles. The van der Waals surface area contributed by atoms with Gasteiger partial charge in [0.25, 0.3) is 0 Å². The van der Waals surface area contributed by atoms with Crippen LogP contribution < -0.4 is 16.0 Å². The lowest BCUT2D eigenvalue weighted by Crippen LogP contribution is -2.47. The minimum Gasteiger partial charge on any atom is -0.357 e. The molecule has 0 aromatic rings. The Morgan fingerprint density at radius 1 is 1.14 bits per heavy atom. The molecule has 0 bridgehead atoms. The molecule has 0 unspecified atom stereocenters. The van der Waals surface area contributed by atoms with Gasteiger partial charge in [-0.25, -0.2) is 0 Å². The lowest BCUT2D eigenvalue weighted by atomic mass is 9.89. The molecule has 3 N–H and O–H groups in total. The first kappa shape index (κ1) is 17.8. The predicted molar refractivity (Wildman–Crippen MR) is 88.5 cm³/mol. The Labute approximate surface area is 129 Å². The number of rotatable bonds is 5. The average Bonchev–Trinajstić information content (AvgIpc) is 2.43. The first-order valence-corrected chi connectivity index (χ1v) is 8.26. The molecule has 0 atom stereocenters. The van der Waals surface area contributed by atoms with Gasteiger partial charge in [0, 0.05) is 24.5 Å². The van der Waals surface area contributed by atoms with Crippen molar-refractivity contribution in [2.24, 2.45) is 10.9 Å². The topological polar surface area (TPSA) is 65.5 Å². The highest BCUT2D eigenvalue weighted by Crippen LogP contribution is 2.23. The lowest BCUT2D eigenvalue weighted by molar-refractivity contribution is -0.125. The molecule has 0 heterocycles. The summed E-state index contributed by atoms with van der Waals surface area (Å²) in [6.45, 7) is 10.4. The van der Waals surface area contributed by atoms with Crippen LogP contribution in [0.2, 0.25) is 0 Å². The summed E-state index contributed by atoms with van der Waals surface area (Å²) >= 11 is 0. The minimum absolute atomic E-state index is 0.0215. The highest BCUT2D eigenvalue weighted by atomic mass is 16.1. The lowest BCUT2D eigenvalue weighted by Gasteiger charge is -2.24. The van der Waals surface area contributed by atoms with Crippen molar-refractivity contribution in [3.05, 3.63) is 0 Å². The minimum atomic E-state index is -0.0215. The Bertz CT molecular complexity index is 341. The Morgan fingerprint density at radius 2 is 1.81 bits per heavy atom. The van der Waals surface area contributed by atoms with Gasteiger partial charge in [0.1, 0.15) is 0 Å². The normalized spacial score (nSPS) is 17.4. The van der Waals surface area contributed by atoms with Crippen LogP contribution in [0.15, 0.2) is 4.99 Å². The predicted octanol–water partition coefficient (Wildman–Crippen LogP) is 2.04. The third-order valence-electron chi connectivity index (χ3n) is 3.49. The fraction of sp³-hybridized carbons (Fsp3) is 0.875. The maximum atomic E-state index is 12.0. The summed E-state index contributed by atoms with van der Waals surface area (Å²) in [7, 11) is 0. The number of hydrogen-bond donors (Lipinski definition) is 3. The number of nitrogens with zero attached hydrogens (tertiary/aromatic N) is 1. The highest BCUT2D eigenvalue weighted by Gasteiger charge is 2.20. The Kier molecular flexibility index (Phi) is 7.54. The molecule has 0 radical (unpaired) electrons. The Morgan fingerprint density at radius 3 is 2.38 bits per heavy atom. The summed E-state index contributed by atoms with van der Waals surface area (Å²) in [5.74, 6) is 1.24. The van der Waals surface area contributed by atoms with Gasteiger partial charge in [-0.15, -0.1) is 0 Å². The van der Waals surface area contributed by atoms with E-state index in [1.54, 1.807) is 0 Å². The number of guanidine groups is 1. The van der Waals surface area contributed by atoms with Gasteiger partial charge in [-0.1, -0.05) is 19.3 Å². The van der Waals surface area contributed by atoms with Crippen molar-refractivity contribution >= 4 is 11.9 Å². The molecule has 0 saturated heterocycles. The zero-order valence-electron chi connectivity index (χ0n) is 14.1. The summed E-state index contributed by atoms with van der Waals surface area (Å²) < 4.78 is 0. The van der Waals surface area contributed by atoms with Crippen LogP contribution in [0, 0.1) is 5.92 Å². The van der Waals surface area contributed by atoms with E-state index in [-0.39, 0.29) is 17.4 Å².